The second-order valence-corrected chi connectivity index (χ2v) is 5.32. The molecule has 0 aliphatic rings. The lowest BCUT2D eigenvalue weighted by atomic mass is 10.0. The van der Waals surface area contributed by atoms with E-state index in [0.717, 1.165) is 6.54 Å². The van der Waals surface area contributed by atoms with Gasteiger partial charge in [-0.25, -0.2) is 0 Å². The van der Waals surface area contributed by atoms with E-state index in [1.807, 2.05) is 6.20 Å². The lowest BCUT2D eigenvalue weighted by Gasteiger charge is -2.17. The Bertz CT molecular complexity index is 712. The van der Waals surface area contributed by atoms with Crippen molar-refractivity contribution >= 4 is 10.9 Å². The average molecular weight is 264 g/mol. The van der Waals surface area contributed by atoms with Crippen molar-refractivity contribution in [1.82, 2.24) is 10.3 Å². The molecule has 0 spiro atoms. The summed E-state index contributed by atoms with van der Waals surface area (Å²) in [6, 6.07) is 17.5. The summed E-state index contributed by atoms with van der Waals surface area (Å²) in [7, 11) is 0. The van der Waals surface area contributed by atoms with Crippen LogP contribution in [0.4, 0.5) is 0 Å². The second kappa shape index (κ2) is 5.51. The molecule has 0 aliphatic heterocycles. The topological polar surface area (TPSA) is 27.8 Å². The van der Waals surface area contributed by atoms with E-state index in [2.05, 4.69) is 72.7 Å². The Labute approximate surface area is 119 Å². The molecular formula is C18H20N2. The molecule has 2 N–H and O–H groups in total. The fourth-order valence-corrected chi connectivity index (χ4v) is 2.74. The fourth-order valence-electron chi connectivity index (χ4n) is 2.74. The van der Waals surface area contributed by atoms with Crippen molar-refractivity contribution < 1.29 is 0 Å². The summed E-state index contributed by atoms with van der Waals surface area (Å²) >= 11 is 0. The minimum atomic E-state index is 0.349. The summed E-state index contributed by atoms with van der Waals surface area (Å²) in [6.07, 6.45) is 2.00. The van der Waals surface area contributed by atoms with Gasteiger partial charge < -0.3 is 10.3 Å². The lowest BCUT2D eigenvalue weighted by molar-refractivity contribution is 0.573. The van der Waals surface area contributed by atoms with Crippen LogP contribution in [0, 0.1) is 6.92 Å². The van der Waals surface area contributed by atoms with Crippen LogP contribution in [-0.2, 0) is 6.54 Å². The highest BCUT2D eigenvalue weighted by atomic mass is 14.9. The Morgan fingerprint density at radius 1 is 1.05 bits per heavy atom. The van der Waals surface area contributed by atoms with Crippen molar-refractivity contribution in [3.63, 3.8) is 0 Å². The van der Waals surface area contributed by atoms with Gasteiger partial charge in [0.05, 0.1) is 0 Å². The molecule has 1 atom stereocenters. The molecule has 0 saturated heterocycles. The van der Waals surface area contributed by atoms with Gasteiger partial charge in [-0.2, -0.15) is 0 Å². The number of fused-ring (bicyclic) bond motifs is 1. The summed E-state index contributed by atoms with van der Waals surface area (Å²) in [5.74, 6) is 0. The Kier molecular flexibility index (Phi) is 3.57. The molecule has 2 heteroatoms. The van der Waals surface area contributed by atoms with Crippen molar-refractivity contribution in [2.24, 2.45) is 0 Å². The number of H-pyrrole nitrogens is 1. The number of aromatic nitrogens is 1. The summed E-state index contributed by atoms with van der Waals surface area (Å²) in [5.41, 5.74) is 5.25. The van der Waals surface area contributed by atoms with Crippen molar-refractivity contribution in [3.8, 4) is 0 Å². The summed E-state index contributed by atoms with van der Waals surface area (Å²) in [5, 5.41) is 4.89. The summed E-state index contributed by atoms with van der Waals surface area (Å²) in [6.45, 7) is 5.25. The molecule has 0 amide bonds. The zero-order valence-electron chi connectivity index (χ0n) is 12.0. The molecule has 0 aliphatic carbocycles. The van der Waals surface area contributed by atoms with E-state index in [1.165, 1.54) is 27.6 Å². The molecule has 2 nitrogen and oxygen atoms in total. The Balaban J connectivity index is 1.76. The first kappa shape index (κ1) is 12.9. The molecule has 0 saturated carbocycles. The van der Waals surface area contributed by atoms with Crippen LogP contribution < -0.4 is 5.32 Å². The van der Waals surface area contributed by atoms with Crippen LogP contribution in [0.15, 0.2) is 54.7 Å². The van der Waals surface area contributed by atoms with Crippen LogP contribution in [0.3, 0.4) is 0 Å². The maximum absolute atomic E-state index is 3.62. The van der Waals surface area contributed by atoms with Gasteiger partial charge in [0.2, 0.25) is 0 Å². The van der Waals surface area contributed by atoms with Crippen molar-refractivity contribution in [2.75, 3.05) is 0 Å². The number of hydrogen-bond acceptors (Lipinski definition) is 1. The van der Waals surface area contributed by atoms with E-state index in [-0.39, 0.29) is 0 Å². The van der Waals surface area contributed by atoms with E-state index in [0.29, 0.717) is 6.04 Å². The predicted molar refractivity (Wildman–Crippen MR) is 84.7 cm³/mol. The average Bonchev–Trinajstić information content (AvgIpc) is 2.94. The number of para-hydroxylation sites is 1. The quantitative estimate of drug-likeness (QED) is 0.721. The summed E-state index contributed by atoms with van der Waals surface area (Å²) in [4.78, 5) is 3.32. The van der Waals surface area contributed by atoms with Gasteiger partial charge in [0, 0.05) is 24.3 Å². The van der Waals surface area contributed by atoms with Crippen LogP contribution >= 0.6 is 0 Å². The van der Waals surface area contributed by atoms with E-state index < -0.39 is 0 Å². The van der Waals surface area contributed by atoms with Gasteiger partial charge in [-0.15, -0.1) is 0 Å². The number of hydrogen-bond donors (Lipinski definition) is 2. The molecule has 0 fully saturated rings. The standard InChI is InChI=1S/C18H20N2/c1-13-6-3-4-9-17(13)14(2)20-12-16-8-5-7-15-10-11-19-18(15)16/h3-11,14,19-20H,12H2,1-2H3/t14-/m0/s1. The highest BCUT2D eigenvalue weighted by Crippen LogP contribution is 2.20. The Morgan fingerprint density at radius 2 is 1.90 bits per heavy atom. The molecule has 102 valence electrons. The monoisotopic (exact) mass is 264 g/mol. The first-order valence-electron chi connectivity index (χ1n) is 7.09. The molecule has 1 aromatic heterocycles. The van der Waals surface area contributed by atoms with Gasteiger partial charge in [0.25, 0.3) is 0 Å². The number of aromatic amines is 1. The largest absolute Gasteiger partial charge is 0.361 e. The zero-order chi connectivity index (χ0) is 13.9. The van der Waals surface area contributed by atoms with Crippen molar-refractivity contribution in [1.29, 1.82) is 0 Å². The normalized spacial score (nSPS) is 12.7. The maximum atomic E-state index is 3.62. The predicted octanol–water partition coefficient (Wildman–Crippen LogP) is 4.33. The van der Waals surface area contributed by atoms with Gasteiger partial charge in [-0.05, 0) is 42.0 Å². The van der Waals surface area contributed by atoms with Crippen LogP contribution in [0.25, 0.3) is 10.9 Å². The van der Waals surface area contributed by atoms with Gasteiger partial charge >= 0.3 is 0 Å². The Morgan fingerprint density at radius 3 is 2.75 bits per heavy atom. The lowest BCUT2D eigenvalue weighted by Crippen LogP contribution is -2.19. The highest BCUT2D eigenvalue weighted by molar-refractivity contribution is 5.82. The molecule has 2 aromatic carbocycles. The Hall–Kier alpha value is -2.06. The second-order valence-electron chi connectivity index (χ2n) is 5.32. The molecule has 3 rings (SSSR count). The summed E-state index contributed by atoms with van der Waals surface area (Å²) < 4.78 is 0. The van der Waals surface area contributed by atoms with Crippen LogP contribution in [-0.4, -0.2) is 4.98 Å². The minimum Gasteiger partial charge on any atom is -0.361 e. The van der Waals surface area contributed by atoms with Crippen molar-refractivity contribution in [3.05, 3.63) is 71.4 Å². The molecule has 1 heterocycles. The van der Waals surface area contributed by atoms with Gasteiger partial charge in [0.1, 0.15) is 0 Å². The third-order valence-electron chi connectivity index (χ3n) is 3.93. The third-order valence-corrected chi connectivity index (χ3v) is 3.93. The van der Waals surface area contributed by atoms with Crippen molar-refractivity contribution in [2.45, 2.75) is 26.4 Å². The zero-order valence-corrected chi connectivity index (χ0v) is 12.0. The first-order chi connectivity index (χ1) is 9.75. The molecular weight excluding hydrogens is 244 g/mol. The minimum absolute atomic E-state index is 0.349. The van der Waals surface area contributed by atoms with Crippen LogP contribution in [0.1, 0.15) is 29.7 Å². The maximum Gasteiger partial charge on any atom is 0.0499 e. The number of benzene rings is 2. The number of aryl methyl sites for hydroxylation is 1. The van der Waals surface area contributed by atoms with Gasteiger partial charge in [-0.3, -0.25) is 0 Å². The van der Waals surface area contributed by atoms with Gasteiger partial charge in [-0.1, -0.05) is 42.5 Å². The van der Waals surface area contributed by atoms with E-state index >= 15 is 0 Å². The SMILES string of the molecule is Cc1ccccc1[C@H](C)NCc1cccc2cc[nH]c12. The number of rotatable bonds is 4. The van der Waals surface area contributed by atoms with Crippen LogP contribution in [0.2, 0.25) is 0 Å². The van der Waals surface area contributed by atoms with E-state index in [9.17, 15) is 0 Å². The smallest absolute Gasteiger partial charge is 0.0499 e. The molecule has 3 aromatic rings. The highest BCUT2D eigenvalue weighted by Gasteiger charge is 2.08. The van der Waals surface area contributed by atoms with Gasteiger partial charge in [0.15, 0.2) is 0 Å². The van der Waals surface area contributed by atoms with E-state index in [1.54, 1.807) is 0 Å². The van der Waals surface area contributed by atoms with Crippen LogP contribution in [0.5, 0.6) is 0 Å². The fraction of sp³-hybridized carbons (Fsp3) is 0.222. The first-order valence-corrected chi connectivity index (χ1v) is 7.09. The van der Waals surface area contributed by atoms with E-state index in [4.69, 9.17) is 0 Å². The molecule has 0 unspecified atom stereocenters. The molecule has 0 bridgehead atoms. The number of nitrogens with one attached hydrogen (secondary N) is 2. The molecule has 0 radical (unpaired) electrons. The third kappa shape index (κ3) is 2.47. The molecule has 20 heavy (non-hydrogen) atoms.